The quantitative estimate of drug-likeness (QED) is 0.691. The Morgan fingerprint density at radius 1 is 1.24 bits per heavy atom. The molecule has 4 rings (SSSR count). The van der Waals surface area contributed by atoms with Gasteiger partial charge in [-0.15, -0.1) is 11.3 Å². The maximum atomic E-state index is 12.6. The van der Waals surface area contributed by atoms with Crippen LogP contribution in [0.1, 0.15) is 5.01 Å². The van der Waals surface area contributed by atoms with Gasteiger partial charge in [0.1, 0.15) is 19.5 Å². The number of ether oxygens (including phenoxy) is 2. The minimum Gasteiger partial charge on any atom is -0.486 e. The maximum absolute atomic E-state index is 12.6. The van der Waals surface area contributed by atoms with Crippen molar-refractivity contribution in [1.82, 2.24) is 4.98 Å². The second kappa shape index (κ2) is 4.60. The molecule has 3 aromatic rings. The van der Waals surface area contributed by atoms with Crippen molar-refractivity contribution in [3.8, 4) is 22.8 Å². The Kier molecular flexibility index (Phi) is 2.71. The molecule has 0 fully saturated rings. The van der Waals surface area contributed by atoms with Crippen LogP contribution in [0.3, 0.4) is 0 Å². The lowest BCUT2D eigenvalue weighted by atomic mass is 10.1. The Balaban J connectivity index is 1.98. The summed E-state index contributed by atoms with van der Waals surface area (Å²) in [5.74, 6) is 1.10. The van der Waals surface area contributed by atoms with Crippen LogP contribution in [0.25, 0.3) is 22.2 Å². The van der Waals surface area contributed by atoms with E-state index in [0.29, 0.717) is 46.9 Å². The van der Waals surface area contributed by atoms with Crippen LogP contribution in [-0.4, -0.2) is 18.2 Å². The Labute approximate surface area is 123 Å². The molecule has 1 aromatic carbocycles. The number of benzene rings is 1. The molecule has 2 aromatic heterocycles. The molecule has 0 saturated carbocycles. The van der Waals surface area contributed by atoms with Gasteiger partial charge in [-0.25, -0.2) is 4.98 Å². The normalized spacial score (nSPS) is 13.6. The summed E-state index contributed by atoms with van der Waals surface area (Å²) in [7, 11) is 0. The fourth-order valence-electron chi connectivity index (χ4n) is 2.37. The van der Waals surface area contributed by atoms with Gasteiger partial charge in [0.05, 0.1) is 21.7 Å². The van der Waals surface area contributed by atoms with Crippen molar-refractivity contribution in [1.29, 1.82) is 0 Å². The van der Waals surface area contributed by atoms with Gasteiger partial charge in [-0.2, -0.15) is 0 Å². The molecule has 21 heavy (non-hydrogen) atoms. The van der Waals surface area contributed by atoms with E-state index >= 15 is 0 Å². The van der Waals surface area contributed by atoms with Crippen LogP contribution in [0.4, 0.5) is 0 Å². The predicted octanol–water partition coefficient (Wildman–Crippen LogP) is 3.00. The monoisotopic (exact) mass is 301 g/mol. The van der Waals surface area contributed by atoms with Gasteiger partial charge < -0.3 is 13.9 Å². The molecular weight excluding hydrogens is 290 g/mol. The van der Waals surface area contributed by atoms with Gasteiger partial charge in [0.2, 0.25) is 11.2 Å². The molecule has 1 aliphatic heterocycles. The van der Waals surface area contributed by atoms with E-state index in [1.54, 1.807) is 12.1 Å². The first kappa shape index (κ1) is 12.4. The zero-order valence-electron chi connectivity index (χ0n) is 11.2. The largest absolute Gasteiger partial charge is 0.486 e. The smallest absolute Gasteiger partial charge is 0.205 e. The lowest BCUT2D eigenvalue weighted by Gasteiger charge is -2.18. The van der Waals surface area contributed by atoms with Crippen LogP contribution in [0, 0.1) is 6.92 Å². The summed E-state index contributed by atoms with van der Waals surface area (Å²) in [5.41, 5.74) is 1.41. The Morgan fingerprint density at radius 3 is 2.90 bits per heavy atom. The molecule has 3 heterocycles. The molecular formula is C15H11NO4S. The van der Waals surface area contributed by atoms with Crippen LogP contribution in [0.5, 0.6) is 11.5 Å². The number of rotatable bonds is 1. The third-order valence-corrected chi connectivity index (χ3v) is 4.12. The van der Waals surface area contributed by atoms with E-state index in [-0.39, 0.29) is 5.43 Å². The van der Waals surface area contributed by atoms with Gasteiger partial charge >= 0.3 is 0 Å². The van der Waals surface area contributed by atoms with Crippen molar-refractivity contribution in [2.75, 3.05) is 13.2 Å². The summed E-state index contributed by atoms with van der Waals surface area (Å²) in [6.07, 6.45) is 1.44. The summed E-state index contributed by atoms with van der Waals surface area (Å²) in [6, 6.07) is 3.45. The number of hydrogen-bond donors (Lipinski definition) is 0. The fraction of sp³-hybridized carbons (Fsp3) is 0.200. The highest BCUT2D eigenvalue weighted by Gasteiger charge is 2.20. The van der Waals surface area contributed by atoms with Crippen LogP contribution in [0.2, 0.25) is 0 Å². The first-order chi connectivity index (χ1) is 10.2. The lowest BCUT2D eigenvalue weighted by molar-refractivity contribution is 0.172. The van der Waals surface area contributed by atoms with Gasteiger partial charge in [-0.3, -0.25) is 4.79 Å². The number of hydrogen-bond acceptors (Lipinski definition) is 6. The van der Waals surface area contributed by atoms with Crippen molar-refractivity contribution in [3.63, 3.8) is 0 Å². The highest BCUT2D eigenvalue weighted by Crippen LogP contribution is 2.37. The first-order valence-corrected chi connectivity index (χ1v) is 7.38. The van der Waals surface area contributed by atoms with Crippen molar-refractivity contribution in [2.45, 2.75) is 6.92 Å². The van der Waals surface area contributed by atoms with Crippen LogP contribution < -0.4 is 14.9 Å². The SMILES string of the molecule is Cc1nc(-c2coc3c4c(ccc3c2=O)OCCO4)cs1. The van der Waals surface area contributed by atoms with Gasteiger partial charge in [0.15, 0.2) is 11.3 Å². The number of thiazole rings is 1. The number of aryl methyl sites for hydroxylation is 1. The van der Waals surface area contributed by atoms with E-state index in [0.717, 1.165) is 5.01 Å². The molecule has 0 aliphatic carbocycles. The molecule has 5 nitrogen and oxygen atoms in total. The summed E-state index contributed by atoms with van der Waals surface area (Å²) in [5, 5.41) is 3.24. The molecule has 0 unspecified atom stereocenters. The summed E-state index contributed by atoms with van der Waals surface area (Å²) >= 11 is 1.50. The summed E-state index contributed by atoms with van der Waals surface area (Å²) in [6.45, 7) is 2.85. The molecule has 0 spiro atoms. The summed E-state index contributed by atoms with van der Waals surface area (Å²) in [4.78, 5) is 17.0. The Morgan fingerprint density at radius 2 is 2.10 bits per heavy atom. The second-order valence-electron chi connectivity index (χ2n) is 4.70. The van der Waals surface area contributed by atoms with Gasteiger partial charge in [-0.05, 0) is 19.1 Å². The lowest BCUT2D eigenvalue weighted by Crippen LogP contribution is -2.16. The van der Waals surface area contributed by atoms with Gasteiger partial charge in [-0.1, -0.05) is 0 Å². The van der Waals surface area contributed by atoms with E-state index < -0.39 is 0 Å². The number of aromatic nitrogens is 1. The molecule has 0 bridgehead atoms. The van der Waals surface area contributed by atoms with E-state index in [4.69, 9.17) is 13.9 Å². The molecule has 0 radical (unpaired) electrons. The molecule has 0 saturated heterocycles. The predicted molar refractivity (Wildman–Crippen MR) is 79.3 cm³/mol. The Bertz CT molecular complexity index is 896. The van der Waals surface area contributed by atoms with Crippen LogP contribution in [-0.2, 0) is 0 Å². The zero-order valence-corrected chi connectivity index (χ0v) is 12.0. The highest BCUT2D eigenvalue weighted by molar-refractivity contribution is 7.09. The average molecular weight is 301 g/mol. The zero-order chi connectivity index (χ0) is 14.4. The van der Waals surface area contributed by atoms with Crippen molar-refractivity contribution < 1.29 is 13.9 Å². The molecule has 0 N–H and O–H groups in total. The third-order valence-electron chi connectivity index (χ3n) is 3.34. The maximum Gasteiger partial charge on any atom is 0.205 e. The minimum atomic E-state index is -0.112. The summed E-state index contributed by atoms with van der Waals surface area (Å²) < 4.78 is 16.7. The van der Waals surface area contributed by atoms with Gasteiger partial charge in [0, 0.05) is 5.38 Å². The number of nitrogens with zero attached hydrogens (tertiary/aromatic N) is 1. The van der Waals surface area contributed by atoms with Crippen LogP contribution in [0.15, 0.2) is 33.0 Å². The number of fused-ring (bicyclic) bond motifs is 3. The van der Waals surface area contributed by atoms with E-state index in [1.165, 1.54) is 17.6 Å². The molecule has 1 aliphatic rings. The van der Waals surface area contributed by atoms with E-state index in [2.05, 4.69) is 4.98 Å². The molecule has 0 amide bonds. The van der Waals surface area contributed by atoms with Crippen molar-refractivity contribution >= 4 is 22.3 Å². The van der Waals surface area contributed by atoms with Crippen LogP contribution >= 0.6 is 11.3 Å². The van der Waals surface area contributed by atoms with E-state index in [9.17, 15) is 4.79 Å². The van der Waals surface area contributed by atoms with Gasteiger partial charge in [0.25, 0.3) is 0 Å². The molecule has 0 atom stereocenters. The molecule has 106 valence electrons. The average Bonchev–Trinajstić information content (AvgIpc) is 2.94. The topological polar surface area (TPSA) is 61.6 Å². The second-order valence-corrected chi connectivity index (χ2v) is 5.76. The Hall–Kier alpha value is -2.34. The standard InChI is InChI=1S/C15H11NO4S/c1-8-16-11(7-21-8)10-6-20-14-9(13(10)17)2-3-12-15(14)19-5-4-18-12/h2-3,6-7H,4-5H2,1H3. The van der Waals surface area contributed by atoms with Crippen molar-refractivity contribution in [2.24, 2.45) is 0 Å². The third kappa shape index (κ3) is 1.91. The fourth-order valence-corrected chi connectivity index (χ4v) is 2.98. The minimum absolute atomic E-state index is 0.112. The first-order valence-electron chi connectivity index (χ1n) is 6.50. The van der Waals surface area contributed by atoms with Crippen molar-refractivity contribution in [3.05, 3.63) is 39.0 Å². The molecule has 6 heteroatoms. The highest BCUT2D eigenvalue weighted by atomic mass is 32.1. The van der Waals surface area contributed by atoms with E-state index in [1.807, 2.05) is 12.3 Å².